The molecule has 1 aliphatic heterocycles. The van der Waals surface area contributed by atoms with Gasteiger partial charge in [-0.3, -0.25) is 4.79 Å². The highest BCUT2D eigenvalue weighted by molar-refractivity contribution is 5.76. The molecule has 0 bridgehead atoms. The molecule has 0 spiro atoms. The highest BCUT2D eigenvalue weighted by Crippen LogP contribution is 2.23. The Bertz CT molecular complexity index is 1350. The van der Waals surface area contributed by atoms with Crippen LogP contribution in [0.5, 0.6) is 0 Å². The second-order valence-corrected chi connectivity index (χ2v) is 19.3. The smallest absolute Gasteiger partial charge is 0.220 e. The van der Waals surface area contributed by atoms with Crippen LogP contribution in [0.2, 0.25) is 0 Å². The van der Waals surface area contributed by atoms with Crippen molar-refractivity contribution in [2.75, 3.05) is 13.2 Å². The van der Waals surface area contributed by atoms with Crippen LogP contribution < -0.4 is 5.32 Å². The van der Waals surface area contributed by atoms with Gasteiger partial charge in [-0.1, -0.05) is 234 Å². The average molecular weight is 968 g/mol. The van der Waals surface area contributed by atoms with Gasteiger partial charge >= 0.3 is 0 Å². The maximum absolute atomic E-state index is 13.0. The molecule has 1 heterocycles. The van der Waals surface area contributed by atoms with E-state index in [0.29, 0.717) is 6.42 Å². The summed E-state index contributed by atoms with van der Waals surface area (Å²) in [6, 6.07) is -0.828. The molecule has 9 heteroatoms. The highest BCUT2D eigenvalue weighted by Gasteiger charge is 2.44. The van der Waals surface area contributed by atoms with E-state index in [0.717, 1.165) is 83.5 Å². The van der Waals surface area contributed by atoms with Gasteiger partial charge in [0.25, 0.3) is 0 Å². The minimum absolute atomic E-state index is 0.192. The molecule has 0 aliphatic carbocycles. The van der Waals surface area contributed by atoms with Crippen LogP contribution >= 0.6 is 0 Å². The van der Waals surface area contributed by atoms with Crippen LogP contribution in [0.25, 0.3) is 0 Å². The third-order valence-electron chi connectivity index (χ3n) is 12.9. The first-order valence-electron chi connectivity index (χ1n) is 28.3. The monoisotopic (exact) mass is 968 g/mol. The van der Waals surface area contributed by atoms with Gasteiger partial charge in [0.2, 0.25) is 5.91 Å². The quantitative estimate of drug-likeness (QED) is 0.0261. The van der Waals surface area contributed by atoms with Gasteiger partial charge in [0.05, 0.1) is 25.4 Å². The van der Waals surface area contributed by atoms with Crippen LogP contribution in [0, 0.1) is 0 Å². The molecule has 1 saturated heterocycles. The zero-order valence-corrected chi connectivity index (χ0v) is 44.0. The Morgan fingerprint density at radius 2 is 0.913 bits per heavy atom. The van der Waals surface area contributed by atoms with E-state index in [2.05, 4.69) is 92.1 Å². The van der Waals surface area contributed by atoms with E-state index in [1.165, 1.54) is 128 Å². The second kappa shape index (κ2) is 49.0. The Morgan fingerprint density at radius 3 is 1.38 bits per heavy atom. The number of aliphatic hydroxyl groups is 5. The van der Waals surface area contributed by atoms with Crippen LogP contribution in [-0.4, -0.2) is 87.5 Å². The standard InChI is InChI=1S/C60H105NO8/c1-3-5-7-9-11-13-15-16-17-18-19-20-21-22-23-24-25-26-27-28-29-30-31-32-33-34-35-36-37-38-40-42-44-46-48-50-56(64)61-53(52-68-60-59(67)58(66)57(65)55(51-62)69-60)54(63)49-47-45-43-41-39-14-12-10-8-6-4-2/h5,7-8,10-11,13,16-17,19-20,39,41,47,49,53-55,57-60,62-63,65-67H,3-4,6,9,12,14-15,18,21-38,40,42-46,48,50-52H2,1-2H3,(H,61,64)/b7-5-,10-8+,13-11-,17-16-,20-19-,41-39+,49-47+. The Morgan fingerprint density at radius 1 is 0.507 bits per heavy atom. The number of carbonyl (C=O) groups excluding carboxylic acids is 1. The van der Waals surface area contributed by atoms with Gasteiger partial charge in [-0.15, -0.1) is 0 Å². The molecule has 9 nitrogen and oxygen atoms in total. The summed E-state index contributed by atoms with van der Waals surface area (Å²) in [6.07, 6.45) is 62.5. The van der Waals surface area contributed by atoms with E-state index in [1.54, 1.807) is 6.08 Å². The maximum atomic E-state index is 13.0. The zero-order valence-electron chi connectivity index (χ0n) is 44.0. The number of nitrogens with one attached hydrogen (secondary N) is 1. The molecule has 0 radical (unpaired) electrons. The Balaban J connectivity index is 2.08. The number of hydrogen-bond donors (Lipinski definition) is 6. The summed E-state index contributed by atoms with van der Waals surface area (Å²) >= 11 is 0. The van der Waals surface area contributed by atoms with Crippen molar-refractivity contribution in [1.29, 1.82) is 0 Å². The molecule has 69 heavy (non-hydrogen) atoms. The molecule has 1 rings (SSSR count). The molecule has 0 saturated carbocycles. The topological polar surface area (TPSA) is 149 Å². The minimum Gasteiger partial charge on any atom is -0.394 e. The zero-order chi connectivity index (χ0) is 50.1. The van der Waals surface area contributed by atoms with Crippen molar-refractivity contribution >= 4 is 5.91 Å². The predicted octanol–water partition coefficient (Wildman–Crippen LogP) is 13.8. The first-order chi connectivity index (χ1) is 33.8. The summed E-state index contributed by atoms with van der Waals surface area (Å²) in [5, 5.41) is 54.2. The Hall–Kier alpha value is -2.63. The highest BCUT2D eigenvalue weighted by atomic mass is 16.7. The fraction of sp³-hybridized carbons (Fsp3) is 0.750. The number of hydrogen-bond acceptors (Lipinski definition) is 8. The lowest BCUT2D eigenvalue weighted by atomic mass is 9.99. The summed E-state index contributed by atoms with van der Waals surface area (Å²) in [4.78, 5) is 13.0. The Kier molecular flexibility index (Phi) is 45.7. The normalized spacial score (nSPS) is 20.1. The molecule has 0 aromatic rings. The summed E-state index contributed by atoms with van der Waals surface area (Å²) in [5.74, 6) is -0.192. The predicted molar refractivity (Wildman–Crippen MR) is 290 cm³/mol. The molecule has 0 aromatic heterocycles. The van der Waals surface area contributed by atoms with Gasteiger partial charge in [0.1, 0.15) is 24.4 Å². The lowest BCUT2D eigenvalue weighted by Gasteiger charge is -2.40. The van der Waals surface area contributed by atoms with E-state index in [4.69, 9.17) is 9.47 Å². The van der Waals surface area contributed by atoms with Gasteiger partial charge in [-0.05, 0) is 77.0 Å². The molecule has 398 valence electrons. The average Bonchev–Trinajstić information content (AvgIpc) is 3.35. The summed E-state index contributed by atoms with van der Waals surface area (Å²) in [6.45, 7) is 3.56. The first kappa shape index (κ1) is 64.4. The summed E-state index contributed by atoms with van der Waals surface area (Å²) in [7, 11) is 0. The number of rotatable bonds is 47. The molecule has 7 unspecified atom stereocenters. The molecule has 1 fully saturated rings. The first-order valence-corrected chi connectivity index (χ1v) is 28.3. The van der Waals surface area contributed by atoms with Crippen LogP contribution in [0.4, 0.5) is 0 Å². The van der Waals surface area contributed by atoms with Crippen molar-refractivity contribution in [2.45, 2.75) is 275 Å². The summed E-state index contributed by atoms with van der Waals surface area (Å²) < 4.78 is 11.2. The fourth-order valence-electron chi connectivity index (χ4n) is 8.48. The molecule has 1 amide bonds. The maximum Gasteiger partial charge on any atom is 0.220 e. The number of aliphatic hydroxyl groups excluding tert-OH is 5. The van der Waals surface area contributed by atoms with E-state index in [1.807, 2.05) is 6.08 Å². The van der Waals surface area contributed by atoms with Gasteiger partial charge in [0, 0.05) is 6.42 Å². The van der Waals surface area contributed by atoms with Crippen molar-refractivity contribution in [3.63, 3.8) is 0 Å². The van der Waals surface area contributed by atoms with Crippen molar-refractivity contribution in [1.82, 2.24) is 5.32 Å². The van der Waals surface area contributed by atoms with Crippen molar-refractivity contribution in [3.8, 4) is 0 Å². The third-order valence-corrected chi connectivity index (χ3v) is 12.9. The number of amides is 1. The second-order valence-electron chi connectivity index (χ2n) is 19.3. The van der Waals surface area contributed by atoms with Gasteiger partial charge in [-0.2, -0.15) is 0 Å². The van der Waals surface area contributed by atoms with Crippen LogP contribution in [0.1, 0.15) is 232 Å². The number of carbonyl (C=O) groups is 1. The lowest BCUT2D eigenvalue weighted by Crippen LogP contribution is -2.60. The van der Waals surface area contributed by atoms with Crippen LogP contribution in [0.15, 0.2) is 85.1 Å². The number of unbranched alkanes of at least 4 members (excludes halogenated alkanes) is 25. The molecule has 1 aliphatic rings. The van der Waals surface area contributed by atoms with Crippen molar-refractivity contribution < 1.29 is 39.8 Å². The van der Waals surface area contributed by atoms with E-state index >= 15 is 0 Å². The van der Waals surface area contributed by atoms with Gasteiger partial charge in [0.15, 0.2) is 6.29 Å². The lowest BCUT2D eigenvalue weighted by molar-refractivity contribution is -0.302. The fourth-order valence-corrected chi connectivity index (χ4v) is 8.48. The molecule has 0 aromatic carbocycles. The number of allylic oxidation sites excluding steroid dienone is 13. The van der Waals surface area contributed by atoms with Gasteiger partial charge in [-0.25, -0.2) is 0 Å². The van der Waals surface area contributed by atoms with E-state index in [9.17, 15) is 30.3 Å². The third kappa shape index (κ3) is 38.7. The van der Waals surface area contributed by atoms with Crippen molar-refractivity contribution in [3.05, 3.63) is 85.1 Å². The van der Waals surface area contributed by atoms with Crippen LogP contribution in [0.3, 0.4) is 0 Å². The SMILES string of the molecule is CC/C=C\C/C=C\C/C=C\C/C=C\CCCCCCCCCCCCCCCCCCCCCCCCC(=O)NC(COC1OC(CO)C(O)C(O)C1O)C(O)/C=C/CC/C=C/CC/C=C/CCC. The Labute approximate surface area is 422 Å². The van der Waals surface area contributed by atoms with Crippen LogP contribution in [-0.2, 0) is 14.3 Å². The summed E-state index contributed by atoms with van der Waals surface area (Å²) in [5.41, 5.74) is 0. The van der Waals surface area contributed by atoms with E-state index in [-0.39, 0.29) is 12.5 Å². The molecular weight excluding hydrogens is 863 g/mol. The molecule has 7 atom stereocenters. The largest absolute Gasteiger partial charge is 0.394 e. The van der Waals surface area contributed by atoms with E-state index < -0.39 is 49.5 Å². The van der Waals surface area contributed by atoms with Gasteiger partial charge < -0.3 is 40.3 Å². The molecule has 6 N–H and O–H groups in total. The number of ether oxygens (including phenoxy) is 2. The van der Waals surface area contributed by atoms with Crippen molar-refractivity contribution in [2.24, 2.45) is 0 Å². The molecular formula is C60H105NO8. The minimum atomic E-state index is -1.58.